The number of anilines is 1. The zero-order valence-electron chi connectivity index (χ0n) is 14.9. The Hall–Kier alpha value is -3.00. The smallest absolute Gasteiger partial charge is 0.274 e. The van der Waals surface area contributed by atoms with Gasteiger partial charge in [-0.3, -0.25) is 14.2 Å². The Bertz CT molecular complexity index is 941. The summed E-state index contributed by atoms with van der Waals surface area (Å²) in [6.45, 7) is 1.46. The summed E-state index contributed by atoms with van der Waals surface area (Å²) in [6.07, 6.45) is 5.31. The molecule has 1 aromatic carbocycles. The molecule has 8 heteroatoms. The first-order valence-electron chi connectivity index (χ1n) is 8.83. The van der Waals surface area contributed by atoms with Gasteiger partial charge in [0.1, 0.15) is 11.5 Å². The molecule has 0 saturated carbocycles. The summed E-state index contributed by atoms with van der Waals surface area (Å²) in [6, 6.07) is 7.99. The summed E-state index contributed by atoms with van der Waals surface area (Å²) in [5.41, 5.74) is 2.41. The van der Waals surface area contributed by atoms with Gasteiger partial charge in [-0.2, -0.15) is 10.2 Å². The molecule has 1 fully saturated rings. The standard InChI is InChI=1S/C19H20FN5O2/c1-24-18(10-17(23-24)13-2-4-14(20)5-3-13)19(26)22-15-11-21-25(12-15)16-6-8-27-9-7-16/h2-5,10-12,16H,6-9H2,1H3,(H,22,26). The molecule has 3 aromatic rings. The van der Waals surface area contributed by atoms with Crippen molar-refractivity contribution in [3.63, 3.8) is 0 Å². The van der Waals surface area contributed by atoms with Crippen LogP contribution in [0.1, 0.15) is 29.4 Å². The SMILES string of the molecule is Cn1nc(-c2ccc(F)cc2)cc1C(=O)Nc1cnn(C2CCOCC2)c1. The average molecular weight is 369 g/mol. The maximum Gasteiger partial charge on any atom is 0.274 e. The summed E-state index contributed by atoms with van der Waals surface area (Å²) in [4.78, 5) is 12.6. The van der Waals surface area contributed by atoms with Gasteiger partial charge in [-0.05, 0) is 43.2 Å². The summed E-state index contributed by atoms with van der Waals surface area (Å²) in [5, 5.41) is 11.6. The third kappa shape index (κ3) is 3.75. The first-order valence-corrected chi connectivity index (χ1v) is 8.83. The van der Waals surface area contributed by atoms with Crippen LogP contribution in [0.3, 0.4) is 0 Å². The molecule has 1 aliphatic heterocycles. The molecule has 0 spiro atoms. The second-order valence-electron chi connectivity index (χ2n) is 6.55. The van der Waals surface area contributed by atoms with Crippen LogP contribution in [0.2, 0.25) is 0 Å². The summed E-state index contributed by atoms with van der Waals surface area (Å²) in [7, 11) is 1.70. The topological polar surface area (TPSA) is 74.0 Å². The minimum atomic E-state index is -0.311. The molecule has 27 heavy (non-hydrogen) atoms. The number of halogens is 1. The fourth-order valence-corrected chi connectivity index (χ4v) is 3.19. The predicted molar refractivity (Wildman–Crippen MR) is 97.9 cm³/mol. The van der Waals surface area contributed by atoms with Gasteiger partial charge in [0.2, 0.25) is 0 Å². The zero-order valence-corrected chi connectivity index (χ0v) is 14.9. The molecule has 2 aromatic heterocycles. The third-order valence-corrected chi connectivity index (χ3v) is 4.68. The van der Waals surface area contributed by atoms with E-state index in [9.17, 15) is 9.18 Å². The number of rotatable bonds is 4. The maximum atomic E-state index is 13.1. The largest absolute Gasteiger partial charge is 0.381 e. The number of aromatic nitrogens is 4. The molecule has 0 atom stereocenters. The quantitative estimate of drug-likeness (QED) is 0.767. The van der Waals surface area contributed by atoms with Crippen molar-refractivity contribution in [2.45, 2.75) is 18.9 Å². The Labute approximate surface area is 155 Å². The van der Waals surface area contributed by atoms with E-state index in [1.165, 1.54) is 16.8 Å². The maximum absolute atomic E-state index is 13.1. The first-order chi connectivity index (χ1) is 13.1. The van der Waals surface area contributed by atoms with E-state index in [1.807, 2.05) is 10.9 Å². The fourth-order valence-electron chi connectivity index (χ4n) is 3.19. The van der Waals surface area contributed by atoms with E-state index in [4.69, 9.17) is 4.74 Å². The van der Waals surface area contributed by atoms with E-state index < -0.39 is 0 Å². The minimum absolute atomic E-state index is 0.273. The predicted octanol–water partition coefficient (Wildman–Crippen LogP) is 3.03. The highest BCUT2D eigenvalue weighted by molar-refractivity contribution is 6.03. The molecule has 0 aliphatic carbocycles. The molecule has 1 amide bonds. The molecule has 1 N–H and O–H groups in total. The second kappa shape index (κ2) is 7.32. The van der Waals surface area contributed by atoms with Gasteiger partial charge in [-0.25, -0.2) is 4.39 Å². The molecule has 0 bridgehead atoms. The fraction of sp³-hybridized carbons (Fsp3) is 0.316. The lowest BCUT2D eigenvalue weighted by Gasteiger charge is -2.22. The number of aryl methyl sites for hydroxylation is 1. The van der Waals surface area contributed by atoms with Gasteiger partial charge in [0.15, 0.2) is 0 Å². The van der Waals surface area contributed by atoms with Gasteiger partial charge >= 0.3 is 0 Å². The highest BCUT2D eigenvalue weighted by Crippen LogP contribution is 2.23. The van der Waals surface area contributed by atoms with E-state index in [1.54, 1.807) is 31.4 Å². The van der Waals surface area contributed by atoms with E-state index in [0.717, 1.165) is 31.6 Å². The van der Waals surface area contributed by atoms with Crippen molar-refractivity contribution in [3.05, 3.63) is 54.2 Å². The van der Waals surface area contributed by atoms with Crippen molar-refractivity contribution in [3.8, 4) is 11.3 Å². The van der Waals surface area contributed by atoms with Crippen LogP contribution in [0.4, 0.5) is 10.1 Å². The number of carbonyl (C=O) groups is 1. The molecule has 0 radical (unpaired) electrons. The van der Waals surface area contributed by atoms with Crippen LogP contribution in [0, 0.1) is 5.82 Å². The van der Waals surface area contributed by atoms with Crippen LogP contribution in [0.15, 0.2) is 42.7 Å². The summed E-state index contributed by atoms with van der Waals surface area (Å²) < 4.78 is 21.8. The average Bonchev–Trinajstić information content (AvgIpc) is 3.30. The van der Waals surface area contributed by atoms with Crippen LogP contribution in [0.25, 0.3) is 11.3 Å². The first kappa shape index (κ1) is 17.4. The number of hydrogen-bond donors (Lipinski definition) is 1. The molecule has 1 aliphatic rings. The number of carbonyl (C=O) groups excluding carboxylic acids is 1. The second-order valence-corrected chi connectivity index (χ2v) is 6.55. The Kier molecular flexibility index (Phi) is 4.72. The van der Waals surface area contributed by atoms with Crippen molar-refractivity contribution in [1.29, 1.82) is 0 Å². The van der Waals surface area contributed by atoms with Crippen LogP contribution < -0.4 is 5.32 Å². The van der Waals surface area contributed by atoms with Crippen molar-refractivity contribution in [2.24, 2.45) is 7.05 Å². The van der Waals surface area contributed by atoms with E-state index >= 15 is 0 Å². The molecule has 1 saturated heterocycles. The lowest BCUT2D eigenvalue weighted by molar-refractivity contribution is 0.0662. The number of nitrogens with zero attached hydrogens (tertiary/aromatic N) is 4. The Morgan fingerprint density at radius 3 is 2.74 bits per heavy atom. The molecular weight excluding hydrogens is 349 g/mol. The third-order valence-electron chi connectivity index (χ3n) is 4.68. The number of ether oxygens (including phenoxy) is 1. The minimum Gasteiger partial charge on any atom is -0.381 e. The van der Waals surface area contributed by atoms with Crippen LogP contribution in [-0.2, 0) is 11.8 Å². The number of nitrogens with one attached hydrogen (secondary N) is 1. The monoisotopic (exact) mass is 369 g/mol. The van der Waals surface area contributed by atoms with Gasteiger partial charge in [-0.1, -0.05) is 0 Å². The van der Waals surface area contributed by atoms with Crippen LogP contribution in [-0.4, -0.2) is 38.7 Å². The highest BCUT2D eigenvalue weighted by atomic mass is 19.1. The van der Waals surface area contributed by atoms with Gasteiger partial charge in [0, 0.05) is 32.0 Å². The van der Waals surface area contributed by atoms with Gasteiger partial charge in [-0.15, -0.1) is 0 Å². The molecule has 4 rings (SSSR count). The van der Waals surface area contributed by atoms with Crippen molar-refractivity contribution >= 4 is 11.6 Å². The van der Waals surface area contributed by atoms with E-state index in [-0.39, 0.29) is 11.7 Å². The molecule has 140 valence electrons. The Morgan fingerprint density at radius 1 is 1.26 bits per heavy atom. The van der Waals surface area contributed by atoms with Gasteiger partial charge < -0.3 is 10.1 Å². The Balaban J connectivity index is 1.48. The lowest BCUT2D eigenvalue weighted by atomic mass is 10.1. The van der Waals surface area contributed by atoms with Gasteiger partial charge in [0.25, 0.3) is 5.91 Å². The number of hydrogen-bond acceptors (Lipinski definition) is 4. The summed E-state index contributed by atoms with van der Waals surface area (Å²) in [5.74, 6) is -0.584. The van der Waals surface area contributed by atoms with Crippen molar-refractivity contribution in [1.82, 2.24) is 19.6 Å². The zero-order chi connectivity index (χ0) is 18.8. The highest BCUT2D eigenvalue weighted by Gasteiger charge is 2.18. The van der Waals surface area contributed by atoms with Crippen LogP contribution in [0.5, 0.6) is 0 Å². The normalized spacial score (nSPS) is 15.0. The number of benzene rings is 1. The van der Waals surface area contributed by atoms with Crippen molar-refractivity contribution in [2.75, 3.05) is 18.5 Å². The molecule has 3 heterocycles. The van der Waals surface area contributed by atoms with Crippen LogP contribution >= 0.6 is 0 Å². The molecule has 0 unspecified atom stereocenters. The Morgan fingerprint density at radius 2 is 2.00 bits per heavy atom. The van der Waals surface area contributed by atoms with E-state index in [0.29, 0.717) is 23.1 Å². The van der Waals surface area contributed by atoms with E-state index in [2.05, 4.69) is 15.5 Å². The van der Waals surface area contributed by atoms with Crippen molar-refractivity contribution < 1.29 is 13.9 Å². The summed E-state index contributed by atoms with van der Waals surface area (Å²) >= 11 is 0. The van der Waals surface area contributed by atoms with Gasteiger partial charge in [0.05, 0.1) is 23.6 Å². The number of amides is 1. The molecular formula is C19H20FN5O2. The lowest BCUT2D eigenvalue weighted by Crippen LogP contribution is -2.20. The molecule has 7 nitrogen and oxygen atoms in total.